The molecule has 1 saturated heterocycles. The molecule has 0 saturated carbocycles. The van der Waals surface area contributed by atoms with Crippen LogP contribution in [0, 0.1) is 23.1 Å². The van der Waals surface area contributed by atoms with Gasteiger partial charge in [-0.2, -0.15) is 5.26 Å². The van der Waals surface area contributed by atoms with E-state index in [9.17, 15) is 14.3 Å². The highest BCUT2D eigenvalue weighted by Crippen LogP contribution is 2.22. The Balaban J connectivity index is 2.17. The Bertz CT molecular complexity index is 536. The number of anilines is 1. The summed E-state index contributed by atoms with van der Waals surface area (Å²) in [6, 6.07) is 5.61. The second kappa shape index (κ2) is 6.35. The number of carbonyl (C=O) groups is 1. The van der Waals surface area contributed by atoms with Gasteiger partial charge in [0.15, 0.2) is 0 Å². The van der Waals surface area contributed by atoms with Gasteiger partial charge in [-0.05, 0) is 50.0 Å². The second-order valence-electron chi connectivity index (χ2n) is 4.86. The number of piperidine rings is 1. The zero-order chi connectivity index (χ0) is 14.5. The van der Waals surface area contributed by atoms with Crippen molar-refractivity contribution in [2.45, 2.75) is 12.8 Å². The van der Waals surface area contributed by atoms with E-state index >= 15 is 0 Å². The summed E-state index contributed by atoms with van der Waals surface area (Å²) in [4.78, 5) is 12.5. The molecule has 1 aliphatic heterocycles. The van der Waals surface area contributed by atoms with E-state index < -0.39 is 11.9 Å². The zero-order valence-electron chi connectivity index (χ0n) is 11.0. The number of hydrogen-bond donors (Lipinski definition) is 2. The maximum atomic E-state index is 13.6. The fourth-order valence-corrected chi connectivity index (χ4v) is 2.38. The first-order valence-electron chi connectivity index (χ1n) is 6.52. The molecule has 106 valence electrons. The van der Waals surface area contributed by atoms with Crippen LogP contribution in [0.3, 0.4) is 0 Å². The standard InChI is InChI=1S/C14H16FN3O2/c15-13-7-12(2-1-11(13)8-16)18(14(19)20)9-10-3-5-17-6-4-10/h1-2,7,10,17H,3-6,9H2,(H,19,20). The Kier molecular flexibility index (Phi) is 4.53. The molecule has 1 heterocycles. The van der Waals surface area contributed by atoms with Crippen molar-refractivity contribution in [3.05, 3.63) is 29.6 Å². The van der Waals surface area contributed by atoms with Gasteiger partial charge in [0.1, 0.15) is 11.9 Å². The van der Waals surface area contributed by atoms with Crippen LogP contribution < -0.4 is 10.2 Å². The third-order valence-corrected chi connectivity index (χ3v) is 3.52. The SMILES string of the molecule is N#Cc1ccc(N(CC2CCNCC2)C(=O)O)cc1F. The Morgan fingerprint density at radius 3 is 2.75 bits per heavy atom. The number of hydrogen-bond acceptors (Lipinski definition) is 3. The van der Waals surface area contributed by atoms with Gasteiger partial charge in [-0.1, -0.05) is 0 Å². The molecule has 20 heavy (non-hydrogen) atoms. The number of amides is 1. The smallest absolute Gasteiger partial charge is 0.411 e. The normalized spacial score (nSPS) is 15.6. The molecule has 5 nitrogen and oxygen atoms in total. The molecule has 0 aliphatic carbocycles. The Morgan fingerprint density at radius 2 is 2.20 bits per heavy atom. The molecule has 0 aromatic heterocycles. The van der Waals surface area contributed by atoms with Crippen LogP contribution in [0.5, 0.6) is 0 Å². The third kappa shape index (κ3) is 3.25. The van der Waals surface area contributed by atoms with E-state index in [2.05, 4.69) is 5.32 Å². The minimum atomic E-state index is -1.10. The molecule has 1 aliphatic rings. The van der Waals surface area contributed by atoms with E-state index in [1.807, 2.05) is 0 Å². The molecule has 1 amide bonds. The monoisotopic (exact) mass is 277 g/mol. The topological polar surface area (TPSA) is 76.4 Å². The Labute approximate surface area is 116 Å². The fraction of sp³-hybridized carbons (Fsp3) is 0.429. The van der Waals surface area contributed by atoms with Crippen LogP contribution in [0.15, 0.2) is 18.2 Å². The van der Waals surface area contributed by atoms with Crippen molar-refractivity contribution in [3.8, 4) is 6.07 Å². The quantitative estimate of drug-likeness (QED) is 0.887. The largest absolute Gasteiger partial charge is 0.465 e. The van der Waals surface area contributed by atoms with Gasteiger partial charge < -0.3 is 10.4 Å². The summed E-state index contributed by atoms with van der Waals surface area (Å²) in [5.74, 6) is -0.424. The number of benzene rings is 1. The first-order chi connectivity index (χ1) is 9.61. The van der Waals surface area contributed by atoms with Crippen LogP contribution in [0.1, 0.15) is 18.4 Å². The highest BCUT2D eigenvalue weighted by atomic mass is 19.1. The van der Waals surface area contributed by atoms with Gasteiger partial charge in [-0.15, -0.1) is 0 Å². The maximum absolute atomic E-state index is 13.6. The molecule has 0 atom stereocenters. The predicted molar refractivity (Wildman–Crippen MR) is 72.1 cm³/mol. The van der Waals surface area contributed by atoms with Gasteiger partial charge >= 0.3 is 6.09 Å². The Morgan fingerprint density at radius 1 is 1.50 bits per heavy atom. The fourth-order valence-electron chi connectivity index (χ4n) is 2.38. The lowest BCUT2D eigenvalue weighted by Crippen LogP contribution is -2.38. The summed E-state index contributed by atoms with van der Waals surface area (Å²) < 4.78 is 13.6. The van der Waals surface area contributed by atoms with Crippen molar-refractivity contribution in [2.24, 2.45) is 5.92 Å². The van der Waals surface area contributed by atoms with Crippen molar-refractivity contribution in [1.29, 1.82) is 5.26 Å². The van der Waals surface area contributed by atoms with Gasteiger partial charge in [0.2, 0.25) is 0 Å². The van der Waals surface area contributed by atoms with Crippen LogP contribution in [0.2, 0.25) is 0 Å². The lowest BCUT2D eigenvalue weighted by atomic mass is 9.97. The number of nitrogens with one attached hydrogen (secondary N) is 1. The van der Waals surface area contributed by atoms with Crippen LogP contribution in [-0.2, 0) is 0 Å². The van der Waals surface area contributed by atoms with Crippen LogP contribution in [-0.4, -0.2) is 30.8 Å². The van der Waals surface area contributed by atoms with Gasteiger partial charge in [0.25, 0.3) is 0 Å². The predicted octanol–water partition coefficient (Wildman–Crippen LogP) is 2.18. The van der Waals surface area contributed by atoms with E-state index in [4.69, 9.17) is 5.26 Å². The van der Waals surface area contributed by atoms with Crippen molar-refractivity contribution in [3.63, 3.8) is 0 Å². The van der Waals surface area contributed by atoms with Gasteiger partial charge in [0.05, 0.1) is 11.3 Å². The average Bonchev–Trinajstić information content (AvgIpc) is 2.45. The van der Waals surface area contributed by atoms with Crippen LogP contribution in [0.4, 0.5) is 14.9 Å². The summed E-state index contributed by atoms with van der Waals surface area (Å²) in [7, 11) is 0. The van der Waals surface area contributed by atoms with Crippen molar-refractivity contribution >= 4 is 11.8 Å². The van der Waals surface area contributed by atoms with E-state index in [1.54, 1.807) is 6.07 Å². The first-order valence-corrected chi connectivity index (χ1v) is 6.52. The molecular formula is C14H16FN3O2. The molecule has 0 spiro atoms. The third-order valence-electron chi connectivity index (χ3n) is 3.52. The number of nitrogens with zero attached hydrogens (tertiary/aromatic N) is 2. The van der Waals surface area contributed by atoms with Crippen LogP contribution in [0.25, 0.3) is 0 Å². The number of rotatable bonds is 3. The summed E-state index contributed by atoms with van der Waals surface area (Å²) in [5.41, 5.74) is 0.188. The minimum Gasteiger partial charge on any atom is -0.465 e. The Hall–Kier alpha value is -2.13. The molecule has 0 bridgehead atoms. The van der Waals surface area contributed by atoms with Gasteiger partial charge in [-0.3, -0.25) is 4.90 Å². The molecule has 0 unspecified atom stereocenters. The van der Waals surface area contributed by atoms with Gasteiger partial charge in [-0.25, -0.2) is 9.18 Å². The molecular weight excluding hydrogens is 261 g/mol. The second-order valence-corrected chi connectivity index (χ2v) is 4.86. The highest BCUT2D eigenvalue weighted by Gasteiger charge is 2.22. The number of halogens is 1. The van der Waals surface area contributed by atoms with Crippen molar-refractivity contribution in [1.82, 2.24) is 5.32 Å². The highest BCUT2D eigenvalue weighted by molar-refractivity contribution is 5.86. The van der Waals surface area contributed by atoms with Crippen molar-refractivity contribution in [2.75, 3.05) is 24.5 Å². The van der Waals surface area contributed by atoms with Crippen LogP contribution >= 0.6 is 0 Å². The molecule has 2 rings (SSSR count). The molecule has 1 aromatic rings. The molecule has 0 radical (unpaired) electrons. The summed E-state index contributed by atoms with van der Waals surface area (Å²) in [5, 5.41) is 21.2. The van der Waals surface area contributed by atoms with Gasteiger partial charge in [0, 0.05) is 6.54 Å². The van der Waals surface area contributed by atoms with Crippen molar-refractivity contribution < 1.29 is 14.3 Å². The molecule has 2 N–H and O–H groups in total. The molecule has 6 heteroatoms. The summed E-state index contributed by atoms with van der Waals surface area (Å²) >= 11 is 0. The lowest BCUT2D eigenvalue weighted by Gasteiger charge is -2.28. The summed E-state index contributed by atoms with van der Waals surface area (Å²) in [6.07, 6.45) is 0.707. The minimum absolute atomic E-state index is 0.0824. The first kappa shape index (κ1) is 14.3. The summed E-state index contributed by atoms with van der Waals surface area (Å²) in [6.45, 7) is 2.10. The lowest BCUT2D eigenvalue weighted by molar-refractivity contribution is 0.199. The van der Waals surface area contributed by atoms with E-state index in [0.29, 0.717) is 6.54 Å². The molecule has 1 fully saturated rings. The van der Waals surface area contributed by atoms with E-state index in [0.717, 1.165) is 36.9 Å². The number of nitriles is 1. The van der Waals surface area contributed by atoms with E-state index in [-0.39, 0.29) is 17.2 Å². The van der Waals surface area contributed by atoms with E-state index in [1.165, 1.54) is 12.1 Å². The average molecular weight is 277 g/mol. The molecule has 1 aromatic carbocycles. The zero-order valence-corrected chi connectivity index (χ0v) is 11.0. The maximum Gasteiger partial charge on any atom is 0.411 e. The number of carboxylic acid groups (broad SMARTS) is 1.